The van der Waals surface area contributed by atoms with Gasteiger partial charge in [-0.2, -0.15) is 0 Å². The highest BCUT2D eigenvalue weighted by atomic mass is 127. The summed E-state index contributed by atoms with van der Waals surface area (Å²) >= 11 is 1.64. The molecule has 1 saturated carbocycles. The van der Waals surface area contributed by atoms with Gasteiger partial charge in [0.25, 0.3) is 0 Å². The van der Waals surface area contributed by atoms with Crippen molar-refractivity contribution in [3.8, 4) is 10.8 Å². The highest BCUT2D eigenvalue weighted by Crippen LogP contribution is 2.45. The van der Waals surface area contributed by atoms with Gasteiger partial charge in [-0.05, 0) is 43.0 Å². The first-order chi connectivity index (χ1) is 12.3. The maximum atomic E-state index is 5.60. The van der Waals surface area contributed by atoms with E-state index in [2.05, 4.69) is 22.1 Å². The SMILES string of the molecule is CCNC(=NCc1coc(-c2cccs2)n1)N1CCC2(CCCC2)C1.I. The fourth-order valence-corrected chi connectivity index (χ4v) is 4.78. The Hall–Kier alpha value is -1.09. The molecule has 7 heteroatoms. The molecule has 0 atom stereocenters. The molecule has 4 rings (SSSR count). The van der Waals surface area contributed by atoms with E-state index in [1.165, 1.54) is 32.1 Å². The van der Waals surface area contributed by atoms with Crippen LogP contribution in [0.4, 0.5) is 0 Å². The number of rotatable bonds is 4. The van der Waals surface area contributed by atoms with Gasteiger partial charge >= 0.3 is 0 Å². The lowest BCUT2D eigenvalue weighted by Crippen LogP contribution is -2.41. The Morgan fingerprint density at radius 3 is 2.96 bits per heavy atom. The summed E-state index contributed by atoms with van der Waals surface area (Å²) in [4.78, 5) is 12.9. The van der Waals surface area contributed by atoms with E-state index in [1.54, 1.807) is 17.6 Å². The van der Waals surface area contributed by atoms with E-state index < -0.39 is 0 Å². The molecular weight excluding hydrogens is 459 g/mol. The first kappa shape index (κ1) is 19.7. The molecule has 1 N–H and O–H groups in total. The number of halogens is 1. The number of aliphatic imine (C=N–C) groups is 1. The fourth-order valence-electron chi connectivity index (χ4n) is 4.12. The van der Waals surface area contributed by atoms with Crippen molar-refractivity contribution in [1.82, 2.24) is 15.2 Å². The van der Waals surface area contributed by atoms with Gasteiger partial charge in [-0.25, -0.2) is 9.98 Å². The van der Waals surface area contributed by atoms with E-state index >= 15 is 0 Å². The van der Waals surface area contributed by atoms with E-state index in [1.807, 2.05) is 17.5 Å². The van der Waals surface area contributed by atoms with Gasteiger partial charge in [0.2, 0.25) is 5.89 Å². The highest BCUT2D eigenvalue weighted by Gasteiger charge is 2.41. The molecule has 0 radical (unpaired) electrons. The Labute approximate surface area is 176 Å². The molecule has 0 bridgehead atoms. The minimum atomic E-state index is 0. The molecule has 142 valence electrons. The summed E-state index contributed by atoms with van der Waals surface area (Å²) in [5.74, 6) is 1.71. The predicted octanol–water partition coefficient (Wildman–Crippen LogP) is 4.75. The first-order valence-corrected chi connectivity index (χ1v) is 10.2. The molecule has 1 spiro atoms. The maximum Gasteiger partial charge on any atom is 0.236 e. The Kier molecular flexibility index (Phi) is 6.60. The van der Waals surface area contributed by atoms with Crippen LogP contribution in [0, 0.1) is 5.41 Å². The van der Waals surface area contributed by atoms with Crippen LogP contribution in [0.25, 0.3) is 10.8 Å². The molecule has 2 fully saturated rings. The zero-order valence-electron chi connectivity index (χ0n) is 15.2. The maximum absolute atomic E-state index is 5.60. The molecule has 26 heavy (non-hydrogen) atoms. The molecule has 1 saturated heterocycles. The molecule has 2 aromatic heterocycles. The lowest BCUT2D eigenvalue weighted by molar-refractivity contribution is 0.309. The summed E-state index contributed by atoms with van der Waals surface area (Å²) in [5.41, 5.74) is 1.43. The number of oxazole rings is 1. The van der Waals surface area contributed by atoms with Crippen molar-refractivity contribution >= 4 is 41.3 Å². The number of guanidine groups is 1. The van der Waals surface area contributed by atoms with Gasteiger partial charge in [0, 0.05) is 19.6 Å². The van der Waals surface area contributed by atoms with Gasteiger partial charge in [-0.15, -0.1) is 35.3 Å². The highest BCUT2D eigenvalue weighted by molar-refractivity contribution is 14.0. The van der Waals surface area contributed by atoms with Gasteiger partial charge in [0.1, 0.15) is 12.0 Å². The van der Waals surface area contributed by atoms with Crippen LogP contribution >= 0.6 is 35.3 Å². The number of hydrogen-bond donors (Lipinski definition) is 1. The summed E-state index contributed by atoms with van der Waals surface area (Å²) < 4.78 is 5.60. The minimum Gasteiger partial charge on any atom is -0.443 e. The number of nitrogens with one attached hydrogen (secondary N) is 1. The molecular formula is C19H27IN4OS. The largest absolute Gasteiger partial charge is 0.443 e. The van der Waals surface area contributed by atoms with Crippen LogP contribution in [-0.2, 0) is 6.54 Å². The Morgan fingerprint density at radius 1 is 1.38 bits per heavy atom. The van der Waals surface area contributed by atoms with E-state index in [0.29, 0.717) is 17.9 Å². The number of likely N-dealkylation sites (tertiary alicyclic amines) is 1. The zero-order valence-corrected chi connectivity index (χ0v) is 18.4. The minimum absolute atomic E-state index is 0. The third-order valence-corrected chi connectivity index (χ3v) is 6.27. The van der Waals surface area contributed by atoms with Crippen molar-refractivity contribution in [3.63, 3.8) is 0 Å². The fraction of sp³-hybridized carbons (Fsp3) is 0.579. The van der Waals surface area contributed by atoms with Gasteiger partial charge < -0.3 is 14.6 Å². The summed E-state index contributed by atoms with van der Waals surface area (Å²) in [6.07, 6.45) is 8.60. The van der Waals surface area contributed by atoms with Crippen molar-refractivity contribution in [3.05, 3.63) is 29.5 Å². The van der Waals surface area contributed by atoms with Crippen LogP contribution in [-0.4, -0.2) is 35.5 Å². The Morgan fingerprint density at radius 2 is 2.23 bits per heavy atom. The number of thiophene rings is 1. The van der Waals surface area contributed by atoms with E-state index in [-0.39, 0.29) is 24.0 Å². The third kappa shape index (κ3) is 4.24. The summed E-state index contributed by atoms with van der Waals surface area (Å²) in [6, 6.07) is 4.04. The van der Waals surface area contributed by atoms with Gasteiger partial charge in [-0.1, -0.05) is 18.9 Å². The molecule has 5 nitrogen and oxygen atoms in total. The molecule has 3 heterocycles. The van der Waals surface area contributed by atoms with Crippen LogP contribution in [0.2, 0.25) is 0 Å². The molecule has 0 amide bonds. The van der Waals surface area contributed by atoms with Crippen molar-refractivity contribution < 1.29 is 4.42 Å². The third-order valence-electron chi connectivity index (χ3n) is 5.41. The molecule has 1 aliphatic heterocycles. The Balaban J connectivity index is 0.00000196. The molecule has 0 aromatic carbocycles. The van der Waals surface area contributed by atoms with E-state index in [9.17, 15) is 0 Å². The lowest BCUT2D eigenvalue weighted by atomic mass is 9.86. The Bertz CT molecular complexity index is 722. The van der Waals surface area contributed by atoms with Crippen molar-refractivity contribution in [2.45, 2.75) is 45.6 Å². The van der Waals surface area contributed by atoms with Crippen LogP contribution in [0.15, 0.2) is 33.2 Å². The summed E-state index contributed by atoms with van der Waals surface area (Å²) in [7, 11) is 0. The zero-order chi connectivity index (χ0) is 17.1. The monoisotopic (exact) mass is 486 g/mol. The predicted molar refractivity (Wildman–Crippen MR) is 117 cm³/mol. The average Bonchev–Trinajstić information content (AvgIpc) is 3.40. The van der Waals surface area contributed by atoms with Gasteiger partial charge in [-0.3, -0.25) is 0 Å². The molecule has 1 aliphatic carbocycles. The van der Waals surface area contributed by atoms with Crippen molar-refractivity contribution in [1.29, 1.82) is 0 Å². The normalized spacial score (nSPS) is 19.1. The molecule has 0 unspecified atom stereocenters. The topological polar surface area (TPSA) is 53.7 Å². The van der Waals surface area contributed by atoms with Crippen LogP contribution < -0.4 is 5.32 Å². The van der Waals surface area contributed by atoms with Crippen molar-refractivity contribution in [2.75, 3.05) is 19.6 Å². The second-order valence-electron chi connectivity index (χ2n) is 7.17. The van der Waals surface area contributed by atoms with Crippen molar-refractivity contribution in [2.24, 2.45) is 10.4 Å². The number of aromatic nitrogens is 1. The first-order valence-electron chi connectivity index (χ1n) is 9.30. The van der Waals surface area contributed by atoms with Crippen LogP contribution in [0.5, 0.6) is 0 Å². The molecule has 2 aliphatic rings. The van der Waals surface area contributed by atoms with Gasteiger partial charge in [0.05, 0.1) is 11.4 Å². The molecule has 2 aromatic rings. The van der Waals surface area contributed by atoms with E-state index in [0.717, 1.165) is 36.2 Å². The standard InChI is InChI=1S/C19H26N4OS.HI/c1-2-20-18(23-10-9-19(14-23)7-3-4-8-19)21-12-15-13-24-17(22-15)16-6-5-11-25-16;/h5-6,11,13H,2-4,7-10,12,14H2,1H3,(H,20,21);1H. The number of hydrogen-bond acceptors (Lipinski definition) is 4. The summed E-state index contributed by atoms with van der Waals surface area (Å²) in [6.45, 7) is 5.84. The number of nitrogens with zero attached hydrogens (tertiary/aromatic N) is 3. The van der Waals surface area contributed by atoms with Crippen LogP contribution in [0.3, 0.4) is 0 Å². The van der Waals surface area contributed by atoms with Crippen LogP contribution in [0.1, 0.15) is 44.7 Å². The second-order valence-corrected chi connectivity index (χ2v) is 8.12. The smallest absolute Gasteiger partial charge is 0.236 e. The summed E-state index contributed by atoms with van der Waals surface area (Å²) in [5, 5.41) is 5.49. The average molecular weight is 486 g/mol. The lowest BCUT2D eigenvalue weighted by Gasteiger charge is -2.25. The quantitative estimate of drug-likeness (QED) is 0.385. The van der Waals surface area contributed by atoms with E-state index in [4.69, 9.17) is 9.41 Å². The van der Waals surface area contributed by atoms with Gasteiger partial charge in [0.15, 0.2) is 5.96 Å². The second kappa shape index (κ2) is 8.73.